The average Bonchev–Trinajstić information content (AvgIpc) is 3.77. The zero-order valence-corrected chi connectivity index (χ0v) is 33.9. The summed E-state index contributed by atoms with van der Waals surface area (Å²) in [5, 5.41) is 9.33. The van der Waals surface area contributed by atoms with Crippen LogP contribution < -0.4 is 4.90 Å². The van der Waals surface area contributed by atoms with Gasteiger partial charge in [0.25, 0.3) is 0 Å². The molecular formula is C60H39NO. The Bertz CT molecular complexity index is 3510. The molecule has 0 aliphatic heterocycles. The fourth-order valence-corrected chi connectivity index (χ4v) is 9.58. The molecule has 0 radical (unpaired) electrons. The van der Waals surface area contributed by atoms with E-state index in [4.69, 9.17) is 4.42 Å². The van der Waals surface area contributed by atoms with Gasteiger partial charge in [-0.15, -0.1) is 0 Å². The first-order valence-corrected chi connectivity index (χ1v) is 21.3. The highest BCUT2D eigenvalue weighted by Crippen LogP contribution is 2.49. The van der Waals surface area contributed by atoms with Crippen LogP contribution in [-0.2, 0) is 0 Å². The summed E-state index contributed by atoms with van der Waals surface area (Å²) in [5.74, 6) is 0. The Kier molecular flexibility index (Phi) is 8.53. The second-order valence-corrected chi connectivity index (χ2v) is 16.0. The van der Waals surface area contributed by atoms with Gasteiger partial charge >= 0.3 is 0 Å². The van der Waals surface area contributed by atoms with Crippen LogP contribution in [0.2, 0.25) is 0 Å². The van der Waals surface area contributed by atoms with Crippen LogP contribution in [0.1, 0.15) is 0 Å². The molecule has 12 aromatic rings. The van der Waals surface area contributed by atoms with Crippen LogP contribution >= 0.6 is 0 Å². The van der Waals surface area contributed by atoms with Gasteiger partial charge in [0.2, 0.25) is 0 Å². The lowest BCUT2D eigenvalue weighted by Crippen LogP contribution is -2.10. The van der Waals surface area contributed by atoms with Crippen molar-refractivity contribution < 1.29 is 4.42 Å². The van der Waals surface area contributed by atoms with Gasteiger partial charge in [0.05, 0.1) is 5.69 Å². The molecule has 2 heteroatoms. The van der Waals surface area contributed by atoms with Gasteiger partial charge in [0, 0.05) is 38.5 Å². The molecule has 1 aromatic heterocycles. The average molecular weight is 790 g/mol. The second-order valence-electron chi connectivity index (χ2n) is 16.0. The highest BCUT2D eigenvalue weighted by atomic mass is 16.3. The van der Waals surface area contributed by atoms with Gasteiger partial charge in [-0.25, -0.2) is 0 Å². The smallest absolute Gasteiger partial charge is 0.143 e. The first-order valence-electron chi connectivity index (χ1n) is 21.3. The monoisotopic (exact) mass is 789 g/mol. The lowest BCUT2D eigenvalue weighted by atomic mass is 9.90. The Morgan fingerprint density at radius 3 is 1.24 bits per heavy atom. The highest BCUT2D eigenvalue weighted by Gasteiger charge is 2.24. The molecule has 0 spiro atoms. The number of hydrogen-bond donors (Lipinski definition) is 0. The van der Waals surface area contributed by atoms with Crippen molar-refractivity contribution in [3.05, 3.63) is 237 Å². The summed E-state index contributed by atoms with van der Waals surface area (Å²) in [7, 11) is 0. The molecular weight excluding hydrogens is 751 g/mol. The summed E-state index contributed by atoms with van der Waals surface area (Å²) in [5.41, 5.74) is 14.4. The molecule has 2 nitrogen and oxygen atoms in total. The zero-order valence-electron chi connectivity index (χ0n) is 33.9. The van der Waals surface area contributed by atoms with Crippen molar-refractivity contribution in [2.24, 2.45) is 0 Å². The predicted molar refractivity (Wildman–Crippen MR) is 263 cm³/mol. The third-order valence-corrected chi connectivity index (χ3v) is 12.5. The van der Waals surface area contributed by atoms with Crippen LogP contribution in [0.4, 0.5) is 17.1 Å². The van der Waals surface area contributed by atoms with E-state index in [1.165, 1.54) is 38.4 Å². The molecule has 0 saturated heterocycles. The molecule has 0 unspecified atom stereocenters. The minimum Gasteiger partial charge on any atom is -0.455 e. The molecule has 0 aliphatic rings. The van der Waals surface area contributed by atoms with E-state index >= 15 is 0 Å². The van der Waals surface area contributed by atoms with E-state index in [0.717, 1.165) is 77.4 Å². The van der Waals surface area contributed by atoms with Crippen molar-refractivity contribution in [2.75, 3.05) is 4.90 Å². The van der Waals surface area contributed by atoms with Crippen LogP contribution in [-0.4, -0.2) is 0 Å². The lowest BCUT2D eigenvalue weighted by Gasteiger charge is -2.28. The quantitative estimate of drug-likeness (QED) is 0.150. The van der Waals surface area contributed by atoms with E-state index in [1.54, 1.807) is 0 Å². The van der Waals surface area contributed by atoms with Gasteiger partial charge in [0.15, 0.2) is 0 Å². The molecule has 0 N–H and O–H groups in total. The number of rotatable bonds is 7. The van der Waals surface area contributed by atoms with Crippen molar-refractivity contribution in [2.45, 2.75) is 0 Å². The Labute approximate surface area is 360 Å². The van der Waals surface area contributed by atoms with Crippen LogP contribution in [0.3, 0.4) is 0 Å². The third kappa shape index (κ3) is 5.88. The van der Waals surface area contributed by atoms with Gasteiger partial charge in [-0.2, -0.15) is 0 Å². The molecule has 0 fully saturated rings. The number of benzene rings is 11. The number of anilines is 3. The van der Waals surface area contributed by atoms with Gasteiger partial charge in [-0.1, -0.05) is 200 Å². The molecule has 62 heavy (non-hydrogen) atoms. The number of fused-ring (bicyclic) bond motifs is 9. The van der Waals surface area contributed by atoms with Gasteiger partial charge in [-0.05, 0) is 96.9 Å². The highest BCUT2D eigenvalue weighted by molar-refractivity contribution is 6.33. The largest absolute Gasteiger partial charge is 0.455 e. The number of nitrogens with zero attached hydrogens (tertiary/aromatic N) is 1. The minimum atomic E-state index is 0.894. The van der Waals surface area contributed by atoms with Crippen LogP contribution in [0, 0.1) is 0 Å². The summed E-state index contributed by atoms with van der Waals surface area (Å²) in [6.45, 7) is 0. The molecule has 1 heterocycles. The SMILES string of the molecule is c1ccc(-c2ccc(N(c3ccc(-c4ccccc4)cc3)c3ccc(-c4ccc(-c5ccccc5)c5c4oc4c6ccccc6c6ccccc6c45)c4ccccc34)cc2)cc1. The maximum atomic E-state index is 7.27. The van der Waals surface area contributed by atoms with Crippen molar-refractivity contribution in [3.8, 4) is 44.5 Å². The van der Waals surface area contributed by atoms with Gasteiger partial charge in [-0.3, -0.25) is 0 Å². The molecule has 0 bridgehead atoms. The van der Waals surface area contributed by atoms with E-state index in [9.17, 15) is 0 Å². The zero-order chi connectivity index (χ0) is 41.0. The van der Waals surface area contributed by atoms with Crippen molar-refractivity contribution in [3.63, 3.8) is 0 Å². The fraction of sp³-hybridized carbons (Fsp3) is 0. The fourth-order valence-electron chi connectivity index (χ4n) is 9.58. The van der Waals surface area contributed by atoms with E-state index < -0.39 is 0 Å². The molecule has 11 aromatic carbocycles. The number of hydrogen-bond acceptors (Lipinski definition) is 2. The molecule has 0 saturated carbocycles. The van der Waals surface area contributed by atoms with Crippen LogP contribution in [0.15, 0.2) is 241 Å². The summed E-state index contributed by atoms with van der Waals surface area (Å²) in [6.07, 6.45) is 0. The van der Waals surface area contributed by atoms with E-state index in [-0.39, 0.29) is 0 Å². The lowest BCUT2D eigenvalue weighted by molar-refractivity contribution is 0.674. The Hall–Kier alpha value is -8.20. The predicted octanol–water partition coefficient (Wildman–Crippen LogP) is 17.2. The second kappa shape index (κ2) is 14.8. The normalized spacial score (nSPS) is 11.5. The topological polar surface area (TPSA) is 16.4 Å². The van der Waals surface area contributed by atoms with E-state index in [0.29, 0.717) is 0 Å². The Morgan fingerprint density at radius 2 is 0.661 bits per heavy atom. The van der Waals surface area contributed by atoms with Crippen LogP contribution in [0.25, 0.3) is 98.8 Å². The molecule has 0 amide bonds. The molecule has 290 valence electrons. The first kappa shape index (κ1) is 35.7. The number of furan rings is 1. The molecule has 0 aliphatic carbocycles. The van der Waals surface area contributed by atoms with Crippen molar-refractivity contribution >= 4 is 71.3 Å². The first-order chi connectivity index (χ1) is 30.8. The summed E-state index contributed by atoms with van der Waals surface area (Å²) in [6, 6.07) is 85.1. The Morgan fingerprint density at radius 1 is 0.242 bits per heavy atom. The maximum Gasteiger partial charge on any atom is 0.143 e. The minimum absolute atomic E-state index is 0.894. The maximum absolute atomic E-state index is 7.27. The van der Waals surface area contributed by atoms with Gasteiger partial charge < -0.3 is 9.32 Å². The van der Waals surface area contributed by atoms with Crippen molar-refractivity contribution in [1.82, 2.24) is 0 Å². The van der Waals surface area contributed by atoms with E-state index in [1.807, 2.05) is 0 Å². The summed E-state index contributed by atoms with van der Waals surface area (Å²) in [4.78, 5) is 2.39. The third-order valence-electron chi connectivity index (χ3n) is 12.5. The van der Waals surface area contributed by atoms with E-state index in [2.05, 4.69) is 241 Å². The van der Waals surface area contributed by atoms with Gasteiger partial charge in [0.1, 0.15) is 11.2 Å². The summed E-state index contributed by atoms with van der Waals surface area (Å²) >= 11 is 0. The molecule has 0 atom stereocenters. The van der Waals surface area contributed by atoms with Crippen LogP contribution in [0.5, 0.6) is 0 Å². The Balaban J connectivity index is 1.09. The standard InChI is InChI=1S/C60H39NO/c1-4-16-40(17-5-1)42-28-32-45(33-29-42)61(46-34-30-43(31-35-46)41-18-6-2-7-19-41)56-39-38-51(48-22-10-13-25-52(48)56)55-37-36-47(44-20-8-3-9-21-44)57-58-53-26-14-11-23-49(53)50-24-12-15-27-54(50)59(58)62-60(55)57/h1-39H. The molecule has 12 rings (SSSR count). The van der Waals surface area contributed by atoms with Crippen molar-refractivity contribution in [1.29, 1.82) is 0 Å². The summed E-state index contributed by atoms with van der Waals surface area (Å²) < 4.78 is 7.27.